The number of benzene rings is 1. The smallest absolute Gasteiger partial charge is 0.481 e. The molecule has 0 spiro atoms. The van der Waals surface area contributed by atoms with E-state index in [9.17, 15) is 4.79 Å². The number of carboxylic acid groups (broad SMARTS) is 1. The molecule has 0 fully saturated rings. The predicted octanol–water partition coefficient (Wildman–Crippen LogP) is 0.536. The van der Waals surface area contributed by atoms with Crippen molar-refractivity contribution < 1.29 is 26.4 Å². The van der Waals surface area contributed by atoms with Gasteiger partial charge in [0.2, 0.25) is 0 Å². The van der Waals surface area contributed by atoms with Crippen LogP contribution >= 0.6 is 11.8 Å². The Labute approximate surface area is 171 Å². The second-order valence-corrected chi connectivity index (χ2v) is 6.31. The van der Waals surface area contributed by atoms with E-state index in [-0.39, 0.29) is 29.5 Å². The van der Waals surface area contributed by atoms with Gasteiger partial charge in [-0.2, -0.15) is 10.2 Å². The number of hydrazone groups is 1. The molecule has 0 atom stereocenters. The van der Waals surface area contributed by atoms with Crippen LogP contribution in [0.3, 0.4) is 0 Å². The monoisotopic (exact) mass is 443 g/mol. The number of rotatable bonds is 7. The Hall–Kier alpha value is -1.29. The summed E-state index contributed by atoms with van der Waals surface area (Å²) in [6.45, 7) is 0.149. The van der Waals surface area contributed by atoms with Crippen LogP contribution in [0.4, 0.5) is 0 Å². The molecular formula is C14H19N5NiO2S3+4. The molecule has 0 saturated heterocycles. The molecule has 0 heterocycles. The maximum atomic E-state index is 10.5. The Bertz CT molecular complexity index is 666. The number of carboxylic acids is 1. The van der Waals surface area contributed by atoms with E-state index in [2.05, 4.69) is 51.0 Å². The zero-order valence-corrected chi connectivity index (χ0v) is 17.1. The topological polar surface area (TPSA) is 98.8 Å². The molecule has 1 rings (SSSR count). The van der Waals surface area contributed by atoms with E-state index in [4.69, 9.17) is 5.11 Å². The van der Waals surface area contributed by atoms with Crippen molar-refractivity contribution in [1.29, 1.82) is 0 Å². The molecule has 7 nitrogen and oxygen atoms in total. The van der Waals surface area contributed by atoms with Crippen molar-refractivity contribution >= 4 is 64.5 Å². The van der Waals surface area contributed by atoms with E-state index >= 15 is 0 Å². The van der Waals surface area contributed by atoms with Crippen LogP contribution in [0.15, 0.2) is 50.6 Å². The van der Waals surface area contributed by atoms with Crippen LogP contribution in [0, 0.1) is 0 Å². The van der Waals surface area contributed by atoms with Crippen molar-refractivity contribution in [2.45, 2.75) is 6.42 Å². The van der Waals surface area contributed by atoms with Crippen LogP contribution in [-0.4, -0.2) is 45.3 Å². The Morgan fingerprint density at radius 2 is 2.00 bits per heavy atom. The van der Waals surface area contributed by atoms with E-state index in [1.807, 2.05) is 36.6 Å². The summed E-state index contributed by atoms with van der Waals surface area (Å²) in [5, 5.41) is 21.0. The fourth-order valence-corrected chi connectivity index (χ4v) is 1.72. The van der Waals surface area contributed by atoms with E-state index in [1.54, 1.807) is 0 Å². The zero-order valence-electron chi connectivity index (χ0n) is 13.2. The third-order valence-corrected chi connectivity index (χ3v) is 3.92. The average molecular weight is 444 g/mol. The van der Waals surface area contributed by atoms with Crippen molar-refractivity contribution in [1.82, 2.24) is 5.43 Å². The first kappa shape index (κ1) is 23.7. The van der Waals surface area contributed by atoms with Gasteiger partial charge in [-0.25, -0.2) is 10.4 Å². The standard InChI is InChI=1S/C14H17N5O2S3.Ni/c1-24-14(23)19-16-9-11(10-5-3-2-4-6-10)17-18-13(22)15-8-7-12(20)21;/h2-6,9H,7-8H2,1H3,(H,19,23)(H,20,21)(H2,15,18,22);/q;+2/p+2. The summed E-state index contributed by atoms with van der Waals surface area (Å²) >= 11 is 7.97. The molecule has 25 heavy (non-hydrogen) atoms. The van der Waals surface area contributed by atoms with Gasteiger partial charge in [-0.3, -0.25) is 4.79 Å². The van der Waals surface area contributed by atoms with Crippen LogP contribution in [0.1, 0.15) is 12.0 Å². The summed E-state index contributed by atoms with van der Waals surface area (Å²) < 4.78 is 0.641. The first-order chi connectivity index (χ1) is 11.5. The summed E-state index contributed by atoms with van der Waals surface area (Å²) in [5.74, 6) is -0.907. The van der Waals surface area contributed by atoms with E-state index in [0.29, 0.717) is 15.3 Å². The molecule has 136 valence electrons. The zero-order chi connectivity index (χ0) is 17.8. The summed E-state index contributed by atoms with van der Waals surface area (Å²) in [4.78, 5) is 14.5. The number of thioether (sulfide) groups is 1. The number of nitrogens with zero attached hydrogens (tertiary/aromatic N) is 4. The molecule has 1 aromatic rings. The molecule has 1 aromatic carbocycles. The van der Waals surface area contributed by atoms with Crippen molar-refractivity contribution in [2.75, 3.05) is 12.8 Å². The molecule has 0 aliphatic rings. The molecule has 2 N–H and O–H groups in total. The third kappa shape index (κ3) is 11.0. The molecule has 0 aromatic heterocycles. The van der Waals surface area contributed by atoms with Crippen LogP contribution in [0.5, 0.6) is 0 Å². The first-order valence-electron chi connectivity index (χ1n) is 6.76. The number of hydrogen-bond donors (Lipinski definition) is 2. The minimum absolute atomic E-state index is 0. The van der Waals surface area contributed by atoms with Gasteiger partial charge in [0, 0.05) is 30.8 Å². The molecule has 0 bridgehead atoms. The maximum Gasteiger partial charge on any atom is 2.00 e. The summed E-state index contributed by atoms with van der Waals surface area (Å²) in [7, 11) is 0. The molecule has 0 unspecified atom stereocenters. The summed E-state index contributed by atoms with van der Waals surface area (Å²) in [5.41, 5.74) is 4.10. The molecular weight excluding hydrogens is 425 g/mol. The van der Waals surface area contributed by atoms with Gasteiger partial charge in [0.15, 0.2) is 0 Å². The first-order valence-corrected chi connectivity index (χ1v) is 8.99. The van der Waals surface area contributed by atoms with Crippen molar-refractivity contribution in [3.63, 3.8) is 0 Å². The fraction of sp³-hybridized carbons (Fsp3) is 0.214. The fourth-order valence-electron chi connectivity index (χ4n) is 1.37. The van der Waals surface area contributed by atoms with Gasteiger partial charge >= 0.3 is 27.6 Å². The van der Waals surface area contributed by atoms with Gasteiger partial charge in [0.05, 0.1) is 19.2 Å². The molecule has 11 heteroatoms. The second kappa shape index (κ2) is 13.9. The minimum atomic E-state index is -0.907. The normalized spacial score (nSPS) is 12.8. The largest absolute Gasteiger partial charge is 2.00 e. The second-order valence-electron chi connectivity index (χ2n) is 4.20. The van der Waals surface area contributed by atoms with Gasteiger partial charge in [0.1, 0.15) is 5.71 Å². The molecule has 0 radical (unpaired) electrons. The van der Waals surface area contributed by atoms with Crippen molar-refractivity contribution in [3.05, 3.63) is 35.9 Å². The Morgan fingerprint density at radius 3 is 2.60 bits per heavy atom. The summed E-state index contributed by atoms with van der Waals surface area (Å²) in [6, 6.07) is 9.43. The van der Waals surface area contributed by atoms with Crippen LogP contribution in [0.2, 0.25) is 0 Å². The van der Waals surface area contributed by atoms with Crippen LogP contribution in [0.25, 0.3) is 0 Å². The predicted molar refractivity (Wildman–Crippen MR) is 110 cm³/mol. The number of carbonyl (C=O) groups is 1. The van der Waals surface area contributed by atoms with E-state index in [1.165, 1.54) is 18.0 Å². The van der Waals surface area contributed by atoms with E-state index < -0.39 is 5.97 Å². The SMILES string of the molecule is CSC([SH2+])=NN=CC(=NNC([SH2+])=NCCC(=O)O)c1ccccc1.[Ni+2]. The van der Waals surface area contributed by atoms with Gasteiger partial charge in [-0.05, 0) is 6.26 Å². The van der Waals surface area contributed by atoms with Crippen molar-refractivity contribution in [3.8, 4) is 0 Å². The van der Waals surface area contributed by atoms with Gasteiger partial charge in [0.25, 0.3) is 4.38 Å². The number of aliphatic carboxylic acids is 1. The minimum Gasteiger partial charge on any atom is -0.481 e. The van der Waals surface area contributed by atoms with E-state index in [0.717, 1.165) is 5.56 Å². The molecule has 0 saturated carbocycles. The Balaban J connectivity index is 0.00000576. The number of amidine groups is 1. The third-order valence-electron chi connectivity index (χ3n) is 2.47. The van der Waals surface area contributed by atoms with Crippen molar-refractivity contribution in [2.24, 2.45) is 20.3 Å². The van der Waals surface area contributed by atoms with Crippen LogP contribution in [-0.2, 0) is 46.5 Å². The number of nitrogens with one attached hydrogen (secondary N) is 1. The average Bonchev–Trinajstić information content (AvgIpc) is 2.58. The Kier molecular flexibility index (Phi) is 13.2. The van der Waals surface area contributed by atoms with Gasteiger partial charge in [-0.15, -0.1) is 0 Å². The number of aliphatic imine (C=N–C) groups is 1. The maximum absolute atomic E-state index is 10.5. The van der Waals surface area contributed by atoms with Crippen LogP contribution < -0.4 is 5.43 Å². The summed E-state index contributed by atoms with van der Waals surface area (Å²) in [6.07, 6.45) is 3.33. The quantitative estimate of drug-likeness (QED) is 0.211. The van der Waals surface area contributed by atoms with Gasteiger partial charge < -0.3 is 5.11 Å². The van der Waals surface area contributed by atoms with Gasteiger partial charge in [-0.1, -0.05) is 47.2 Å². The molecule has 0 aliphatic heterocycles. The molecule has 0 amide bonds. The molecule has 0 aliphatic carbocycles. The number of hydrogen-bond acceptors (Lipinski definition) is 6. The Morgan fingerprint density at radius 1 is 1.32 bits per heavy atom.